The molecule has 0 aromatic carbocycles. The van der Waals surface area contributed by atoms with E-state index in [4.69, 9.17) is 0 Å². The van der Waals surface area contributed by atoms with Gasteiger partial charge in [-0.1, -0.05) is 0 Å². The van der Waals surface area contributed by atoms with Gasteiger partial charge >= 0.3 is 0 Å². The summed E-state index contributed by atoms with van der Waals surface area (Å²) in [7, 11) is -1.07. The highest BCUT2D eigenvalue weighted by molar-refractivity contribution is 7.91. The first-order chi connectivity index (χ1) is 9.52. The number of hydrogen-bond donors (Lipinski definition) is 2. The molecule has 20 heavy (non-hydrogen) atoms. The lowest BCUT2D eigenvalue weighted by Gasteiger charge is -2.27. The first-order valence-corrected chi connectivity index (χ1v) is 8.52. The Labute approximate surface area is 118 Å². The minimum absolute atomic E-state index is 0.0815. The van der Waals surface area contributed by atoms with Crippen LogP contribution in [0.1, 0.15) is 12.1 Å². The van der Waals surface area contributed by atoms with Crippen LogP contribution in [0, 0.1) is 0 Å². The van der Waals surface area contributed by atoms with Crippen LogP contribution in [-0.4, -0.2) is 56.6 Å². The topological polar surface area (TPSA) is 95.2 Å². The minimum atomic E-state index is -2.95. The smallest absolute Gasteiger partial charge is 0.290 e. The second-order valence-corrected chi connectivity index (χ2v) is 7.19. The zero-order chi connectivity index (χ0) is 14.6. The van der Waals surface area contributed by atoms with E-state index in [2.05, 4.69) is 15.3 Å². The first kappa shape index (κ1) is 15.0. The average Bonchev–Trinajstić information content (AvgIpc) is 2.41. The van der Waals surface area contributed by atoms with Gasteiger partial charge in [0, 0.05) is 19.3 Å². The molecule has 1 fully saturated rings. The molecule has 2 heterocycles. The second-order valence-electron chi connectivity index (χ2n) is 4.89. The van der Waals surface area contributed by atoms with Crippen LogP contribution in [0.5, 0.6) is 0 Å². The SMILES string of the molecule is CNCCCc1c[nH]c(=O)c(N2CCS(=O)(=O)CC2)n1. The van der Waals surface area contributed by atoms with Crippen molar-refractivity contribution in [3.05, 3.63) is 22.2 Å². The van der Waals surface area contributed by atoms with Gasteiger partial charge in [-0.3, -0.25) is 4.79 Å². The molecule has 0 spiro atoms. The summed E-state index contributed by atoms with van der Waals surface area (Å²) in [6.45, 7) is 1.55. The van der Waals surface area contributed by atoms with Crippen molar-refractivity contribution in [3.8, 4) is 0 Å². The molecule has 1 aromatic rings. The molecule has 2 rings (SSSR count). The molecule has 112 valence electrons. The predicted octanol–water partition coefficient (Wildman–Crippen LogP) is -0.843. The van der Waals surface area contributed by atoms with Crippen molar-refractivity contribution in [2.24, 2.45) is 0 Å². The molecule has 0 amide bonds. The summed E-state index contributed by atoms with van der Waals surface area (Å²) in [5, 5.41) is 3.06. The van der Waals surface area contributed by atoms with Gasteiger partial charge in [0.05, 0.1) is 17.2 Å². The number of sulfone groups is 1. The summed E-state index contributed by atoms with van der Waals surface area (Å²) in [5.74, 6) is 0.498. The summed E-state index contributed by atoms with van der Waals surface area (Å²) in [5.41, 5.74) is 0.560. The van der Waals surface area contributed by atoms with Crippen LogP contribution >= 0.6 is 0 Å². The molecule has 0 radical (unpaired) electrons. The summed E-state index contributed by atoms with van der Waals surface area (Å²) in [6, 6.07) is 0. The standard InChI is InChI=1S/C12H20N4O3S/c1-13-4-2-3-10-9-14-12(17)11(15-10)16-5-7-20(18,19)8-6-16/h9,13H,2-8H2,1H3,(H,14,17). The van der Waals surface area contributed by atoms with Gasteiger partial charge in [-0.2, -0.15) is 0 Å². The highest BCUT2D eigenvalue weighted by Crippen LogP contribution is 2.11. The van der Waals surface area contributed by atoms with E-state index in [-0.39, 0.29) is 17.1 Å². The lowest BCUT2D eigenvalue weighted by Crippen LogP contribution is -2.43. The van der Waals surface area contributed by atoms with E-state index in [0.29, 0.717) is 18.9 Å². The molecule has 7 nitrogen and oxygen atoms in total. The monoisotopic (exact) mass is 300 g/mol. The number of aromatic amines is 1. The molecule has 0 saturated carbocycles. The molecule has 1 aliphatic rings. The predicted molar refractivity (Wildman–Crippen MR) is 78.0 cm³/mol. The number of aromatic nitrogens is 2. The third-order valence-corrected chi connectivity index (χ3v) is 4.94. The van der Waals surface area contributed by atoms with E-state index >= 15 is 0 Å². The van der Waals surface area contributed by atoms with Crippen LogP contribution in [0.4, 0.5) is 5.82 Å². The van der Waals surface area contributed by atoms with E-state index < -0.39 is 9.84 Å². The molecule has 0 aliphatic carbocycles. The number of rotatable bonds is 5. The van der Waals surface area contributed by atoms with Gasteiger partial charge in [0.1, 0.15) is 0 Å². The number of nitrogens with zero attached hydrogens (tertiary/aromatic N) is 2. The molecule has 0 atom stereocenters. The van der Waals surface area contributed by atoms with E-state index in [1.54, 1.807) is 11.1 Å². The Kier molecular flexibility index (Phi) is 4.77. The van der Waals surface area contributed by atoms with Crippen LogP contribution in [-0.2, 0) is 16.3 Å². The van der Waals surface area contributed by atoms with Crippen molar-refractivity contribution >= 4 is 15.7 Å². The van der Waals surface area contributed by atoms with Gasteiger partial charge in [0.15, 0.2) is 15.7 Å². The molecule has 1 saturated heterocycles. The third kappa shape index (κ3) is 3.80. The van der Waals surface area contributed by atoms with Crippen LogP contribution in [0.2, 0.25) is 0 Å². The quantitative estimate of drug-likeness (QED) is 0.688. The zero-order valence-electron chi connectivity index (χ0n) is 11.6. The molecule has 1 aromatic heterocycles. The number of hydrogen-bond acceptors (Lipinski definition) is 6. The van der Waals surface area contributed by atoms with Gasteiger partial charge in [-0.05, 0) is 26.4 Å². The minimum Gasteiger partial charge on any atom is -0.350 e. The number of aryl methyl sites for hydroxylation is 1. The van der Waals surface area contributed by atoms with Gasteiger partial charge in [0.25, 0.3) is 5.56 Å². The van der Waals surface area contributed by atoms with E-state index in [0.717, 1.165) is 25.1 Å². The van der Waals surface area contributed by atoms with Crippen molar-refractivity contribution in [1.29, 1.82) is 0 Å². The third-order valence-electron chi connectivity index (χ3n) is 3.33. The fraction of sp³-hybridized carbons (Fsp3) is 0.667. The summed E-state index contributed by atoms with van der Waals surface area (Å²) < 4.78 is 22.8. The Balaban J connectivity index is 2.11. The fourth-order valence-electron chi connectivity index (χ4n) is 2.15. The molecular weight excluding hydrogens is 280 g/mol. The van der Waals surface area contributed by atoms with E-state index in [1.165, 1.54) is 0 Å². The normalized spacial score (nSPS) is 18.1. The Morgan fingerprint density at radius 2 is 2.10 bits per heavy atom. The van der Waals surface area contributed by atoms with Crippen molar-refractivity contribution < 1.29 is 8.42 Å². The Morgan fingerprint density at radius 3 is 2.75 bits per heavy atom. The maximum absolute atomic E-state index is 11.8. The van der Waals surface area contributed by atoms with Crippen molar-refractivity contribution in [2.45, 2.75) is 12.8 Å². The van der Waals surface area contributed by atoms with Crippen molar-refractivity contribution in [2.75, 3.05) is 43.1 Å². The van der Waals surface area contributed by atoms with Crippen LogP contribution in [0.3, 0.4) is 0 Å². The Bertz CT molecular complexity index is 597. The lowest BCUT2D eigenvalue weighted by atomic mass is 10.2. The average molecular weight is 300 g/mol. The molecular formula is C12H20N4O3S. The molecule has 2 N–H and O–H groups in total. The number of anilines is 1. The highest BCUT2D eigenvalue weighted by Gasteiger charge is 2.24. The number of nitrogens with one attached hydrogen (secondary N) is 2. The van der Waals surface area contributed by atoms with Crippen molar-refractivity contribution in [3.63, 3.8) is 0 Å². The molecule has 0 bridgehead atoms. The second kappa shape index (κ2) is 6.36. The first-order valence-electron chi connectivity index (χ1n) is 6.70. The van der Waals surface area contributed by atoms with E-state index in [1.807, 2.05) is 7.05 Å². The van der Waals surface area contributed by atoms with Crippen molar-refractivity contribution in [1.82, 2.24) is 15.3 Å². The maximum Gasteiger partial charge on any atom is 0.290 e. The highest BCUT2D eigenvalue weighted by atomic mass is 32.2. The summed E-state index contributed by atoms with van der Waals surface area (Å²) in [6.07, 6.45) is 3.34. The Hall–Kier alpha value is -1.41. The van der Waals surface area contributed by atoms with Gasteiger partial charge in [-0.15, -0.1) is 0 Å². The van der Waals surface area contributed by atoms with E-state index in [9.17, 15) is 13.2 Å². The molecule has 0 unspecified atom stereocenters. The number of H-pyrrole nitrogens is 1. The summed E-state index contributed by atoms with van der Waals surface area (Å²) >= 11 is 0. The van der Waals surface area contributed by atoms with Crippen LogP contribution in [0.15, 0.2) is 11.0 Å². The van der Waals surface area contributed by atoms with Gasteiger partial charge in [-0.25, -0.2) is 13.4 Å². The lowest BCUT2D eigenvalue weighted by molar-refractivity contribution is 0.586. The van der Waals surface area contributed by atoms with Crippen LogP contribution < -0.4 is 15.8 Å². The molecule has 1 aliphatic heterocycles. The Morgan fingerprint density at radius 1 is 1.40 bits per heavy atom. The molecule has 8 heteroatoms. The zero-order valence-corrected chi connectivity index (χ0v) is 12.4. The van der Waals surface area contributed by atoms with Crippen LogP contribution in [0.25, 0.3) is 0 Å². The van der Waals surface area contributed by atoms with Gasteiger partial charge in [0.2, 0.25) is 0 Å². The van der Waals surface area contributed by atoms with Gasteiger partial charge < -0.3 is 15.2 Å². The fourth-order valence-corrected chi connectivity index (χ4v) is 3.35. The largest absolute Gasteiger partial charge is 0.350 e. The summed E-state index contributed by atoms with van der Waals surface area (Å²) in [4.78, 5) is 20.7. The maximum atomic E-state index is 11.8.